The summed E-state index contributed by atoms with van der Waals surface area (Å²) in [5.41, 5.74) is 1.71. The predicted molar refractivity (Wildman–Crippen MR) is 123 cm³/mol. The Balaban J connectivity index is 0.000000568. The van der Waals surface area contributed by atoms with Crippen LogP contribution >= 0.6 is 0 Å². The summed E-state index contributed by atoms with van der Waals surface area (Å²) in [4.78, 5) is 23.5. The van der Waals surface area contributed by atoms with Crippen molar-refractivity contribution in [3.63, 3.8) is 0 Å². The van der Waals surface area contributed by atoms with E-state index in [0.29, 0.717) is 0 Å². The van der Waals surface area contributed by atoms with Crippen molar-refractivity contribution in [1.29, 1.82) is 0 Å². The van der Waals surface area contributed by atoms with Gasteiger partial charge in [0.25, 0.3) is 0 Å². The molecule has 4 nitrogen and oxygen atoms in total. The van der Waals surface area contributed by atoms with Crippen LogP contribution in [0.4, 0.5) is 0 Å². The molecule has 5 heteroatoms. The van der Waals surface area contributed by atoms with Gasteiger partial charge >= 0.3 is 29.0 Å². The minimum atomic E-state index is -0.574. The molecule has 0 aromatic heterocycles. The number of rotatable bonds is 6. The van der Waals surface area contributed by atoms with E-state index in [2.05, 4.69) is 0 Å². The predicted octanol–water partition coefficient (Wildman–Crippen LogP) is 5.39. The molecule has 2 aromatic rings. The summed E-state index contributed by atoms with van der Waals surface area (Å²) in [5.74, 6) is 0.845. The van der Waals surface area contributed by atoms with Crippen molar-refractivity contribution in [2.24, 2.45) is 0 Å². The molecule has 0 aliphatic heterocycles. The molecule has 0 unspecified atom stereocenters. The van der Waals surface area contributed by atoms with Crippen LogP contribution in [0.3, 0.4) is 0 Å². The minimum Gasteiger partial charge on any atom is -0.457 e. The van der Waals surface area contributed by atoms with Crippen LogP contribution in [0.2, 0.25) is 0 Å². The molecule has 33 heavy (non-hydrogen) atoms. The molecule has 0 saturated heterocycles. The van der Waals surface area contributed by atoms with Crippen LogP contribution < -0.4 is 0 Å². The van der Waals surface area contributed by atoms with E-state index in [1.807, 2.05) is 112 Å². The summed E-state index contributed by atoms with van der Waals surface area (Å²) < 4.78 is 11.3. The van der Waals surface area contributed by atoms with Crippen molar-refractivity contribution in [2.45, 2.75) is 26.1 Å². The number of ether oxygens (including phenoxy) is 2. The molecule has 0 amide bonds. The summed E-state index contributed by atoms with van der Waals surface area (Å²) in [6.07, 6.45) is 14.5. The third kappa shape index (κ3) is 8.32. The number of benzene rings is 2. The number of hydrogen-bond donors (Lipinski definition) is 0. The second kappa shape index (κ2) is 14.2. The van der Waals surface area contributed by atoms with Gasteiger partial charge in [0.2, 0.25) is 0 Å². The fourth-order valence-corrected chi connectivity index (χ4v) is 3.46. The van der Waals surface area contributed by atoms with Gasteiger partial charge in [-0.2, -0.15) is 0 Å². The van der Waals surface area contributed by atoms with E-state index in [1.165, 1.54) is 13.8 Å². The fourth-order valence-electron chi connectivity index (χ4n) is 3.46. The quantitative estimate of drug-likeness (QED) is 0.409. The smallest absolute Gasteiger partial charge is 0.457 e. The first kappa shape index (κ1) is 27.1. The Morgan fingerprint density at radius 1 is 0.576 bits per heavy atom. The number of carbonyl (C=O) groups is 2. The molecule has 0 heterocycles. The first-order chi connectivity index (χ1) is 15.6. The first-order valence-corrected chi connectivity index (χ1v) is 10.4. The van der Waals surface area contributed by atoms with Crippen molar-refractivity contribution in [3.05, 3.63) is 135 Å². The van der Waals surface area contributed by atoms with Gasteiger partial charge in [-0.15, -0.1) is 0 Å². The summed E-state index contributed by atoms with van der Waals surface area (Å²) >= 11 is 0. The standard InChI is InChI=1S/C23H21O4.C5H5.Fe/c1-16(24)26-22(18-10-5-3-6-11-18)20-14-9-15-21(20)23(27-17(2)25)19-12-7-4-8-13-19;1-2-4-5-3-1;/h3-15,22-23H,1-2H3;1-5H;/q;;+2/t22-,23-;;/m0../s1. The van der Waals surface area contributed by atoms with Gasteiger partial charge in [-0.3, -0.25) is 9.59 Å². The van der Waals surface area contributed by atoms with Crippen molar-refractivity contribution in [2.75, 3.05) is 0 Å². The van der Waals surface area contributed by atoms with Crippen LogP contribution in [0.5, 0.6) is 0 Å². The Labute approximate surface area is 208 Å². The van der Waals surface area contributed by atoms with Crippen molar-refractivity contribution >= 4 is 11.9 Å². The van der Waals surface area contributed by atoms with Crippen LogP contribution in [0, 0.1) is 63.2 Å². The van der Waals surface area contributed by atoms with Crippen molar-refractivity contribution in [3.8, 4) is 0 Å². The van der Waals surface area contributed by atoms with E-state index in [1.54, 1.807) is 0 Å². The Kier molecular flexibility index (Phi) is 11.7. The van der Waals surface area contributed by atoms with Crippen LogP contribution in [0.1, 0.15) is 37.2 Å². The Bertz CT molecular complexity index is 762. The number of hydrogen-bond acceptors (Lipinski definition) is 4. The van der Waals surface area contributed by atoms with Gasteiger partial charge in [-0.25, -0.2) is 0 Å². The largest absolute Gasteiger partial charge is 2.00 e. The molecule has 10 radical (unpaired) electrons. The zero-order chi connectivity index (χ0) is 22.8. The third-order valence-electron chi connectivity index (χ3n) is 4.78. The van der Waals surface area contributed by atoms with E-state index >= 15 is 0 Å². The molecule has 2 aromatic carbocycles. The molecular formula is C28H26FeO4+2. The molecule has 2 aliphatic carbocycles. The van der Waals surface area contributed by atoms with E-state index in [4.69, 9.17) is 9.47 Å². The first-order valence-electron chi connectivity index (χ1n) is 10.4. The zero-order valence-corrected chi connectivity index (χ0v) is 19.6. The van der Waals surface area contributed by atoms with Gasteiger partial charge in [-0.05, 0) is 62.5 Å². The summed E-state index contributed by atoms with van der Waals surface area (Å²) in [6, 6.07) is 19.1. The Morgan fingerprint density at radius 3 is 1.21 bits per heavy atom. The van der Waals surface area contributed by atoms with Crippen LogP contribution in [-0.4, -0.2) is 11.9 Å². The van der Waals surface area contributed by atoms with Crippen molar-refractivity contribution < 1.29 is 36.1 Å². The maximum atomic E-state index is 11.7. The van der Waals surface area contributed by atoms with Gasteiger partial charge in [0.1, 0.15) is 12.2 Å². The molecule has 168 valence electrons. The zero-order valence-electron chi connectivity index (χ0n) is 18.5. The van der Waals surface area contributed by atoms with Crippen LogP contribution in [-0.2, 0) is 36.1 Å². The van der Waals surface area contributed by atoms with Gasteiger partial charge in [0.15, 0.2) is 0 Å². The average Bonchev–Trinajstić information content (AvgIpc) is 3.52. The normalized spacial score (nSPS) is 17.8. The molecule has 2 atom stereocenters. The molecule has 4 rings (SSSR count). The summed E-state index contributed by atoms with van der Waals surface area (Å²) in [5, 5.41) is 0. The van der Waals surface area contributed by atoms with E-state index in [9.17, 15) is 9.59 Å². The van der Waals surface area contributed by atoms with E-state index in [0.717, 1.165) is 23.0 Å². The summed E-state index contributed by atoms with van der Waals surface area (Å²) in [7, 11) is 0. The Morgan fingerprint density at radius 2 is 0.909 bits per heavy atom. The minimum absolute atomic E-state index is 0. The third-order valence-corrected chi connectivity index (χ3v) is 4.78. The average molecular weight is 482 g/mol. The summed E-state index contributed by atoms with van der Waals surface area (Å²) in [6.45, 7) is 2.78. The van der Waals surface area contributed by atoms with Crippen LogP contribution in [0.15, 0.2) is 60.7 Å². The maximum Gasteiger partial charge on any atom is 2.00 e. The second-order valence-electron chi connectivity index (χ2n) is 7.20. The van der Waals surface area contributed by atoms with Gasteiger partial charge in [0, 0.05) is 25.7 Å². The number of carbonyl (C=O) groups excluding carboxylic acids is 2. The topological polar surface area (TPSA) is 52.6 Å². The maximum absolute atomic E-state index is 11.7. The molecular weight excluding hydrogens is 456 g/mol. The molecule has 2 saturated carbocycles. The van der Waals surface area contributed by atoms with Gasteiger partial charge < -0.3 is 9.47 Å². The molecule has 2 fully saturated rings. The second-order valence-corrected chi connectivity index (χ2v) is 7.20. The van der Waals surface area contributed by atoms with E-state index < -0.39 is 12.2 Å². The SMILES string of the molecule is CC(=O)O[C@H]([C]1[CH][CH][CH][C]1[C@@H](OC(C)=O)c1ccccc1)c1ccccc1.[CH]1[CH][CH][CH][CH]1.[Fe+2]. The molecule has 0 spiro atoms. The van der Waals surface area contributed by atoms with Gasteiger partial charge in [-0.1, -0.05) is 60.7 Å². The molecule has 0 bridgehead atoms. The van der Waals surface area contributed by atoms with Crippen LogP contribution in [0.25, 0.3) is 0 Å². The number of esters is 2. The fraction of sp³-hybridized carbons (Fsp3) is 0.143. The van der Waals surface area contributed by atoms with Crippen molar-refractivity contribution in [1.82, 2.24) is 0 Å². The van der Waals surface area contributed by atoms with Gasteiger partial charge in [0.05, 0.1) is 0 Å². The molecule has 0 N–H and O–H groups in total. The monoisotopic (exact) mass is 482 g/mol. The Hall–Kier alpha value is -2.10. The molecule has 2 aliphatic rings. The van der Waals surface area contributed by atoms with E-state index in [-0.39, 0.29) is 29.0 Å².